The van der Waals surface area contributed by atoms with Gasteiger partial charge < -0.3 is 24.5 Å². The number of rotatable bonds is 7. The minimum Gasteiger partial charge on any atom is -0.495 e. The fourth-order valence-electron chi connectivity index (χ4n) is 4.57. The average molecular weight is 442 g/mol. The molecule has 0 saturated carbocycles. The van der Waals surface area contributed by atoms with Crippen LogP contribution in [0.4, 0.5) is 22.7 Å². The Hall–Kier alpha value is -3.04. The summed E-state index contributed by atoms with van der Waals surface area (Å²) in [5.74, 6) is 0.842. The number of nitro groups is 1. The minimum atomic E-state index is -0.287. The van der Waals surface area contributed by atoms with Crippen LogP contribution < -0.4 is 19.4 Å². The number of hydrogen-bond acceptors (Lipinski definition) is 8. The highest BCUT2D eigenvalue weighted by Crippen LogP contribution is 2.35. The Morgan fingerprint density at radius 3 is 2.16 bits per heavy atom. The lowest BCUT2D eigenvalue weighted by Gasteiger charge is -2.38. The van der Waals surface area contributed by atoms with Crippen LogP contribution in [0.2, 0.25) is 0 Å². The average Bonchev–Trinajstić information content (AvgIpc) is 2.84. The molecule has 2 saturated heterocycles. The van der Waals surface area contributed by atoms with E-state index in [-0.39, 0.29) is 17.2 Å². The SMILES string of the molecule is COc1ccccc1N1CCN(c2cc(N3CCN(CCO)CC3)ccc2[N+](=O)[O-])CC1. The Morgan fingerprint density at radius 2 is 1.53 bits per heavy atom. The lowest BCUT2D eigenvalue weighted by Crippen LogP contribution is -2.48. The lowest BCUT2D eigenvalue weighted by atomic mass is 10.1. The molecule has 0 atom stereocenters. The first-order chi connectivity index (χ1) is 15.6. The van der Waals surface area contributed by atoms with Gasteiger partial charge in [0.05, 0.1) is 24.3 Å². The van der Waals surface area contributed by atoms with Gasteiger partial charge in [0, 0.05) is 70.7 Å². The van der Waals surface area contributed by atoms with Crippen molar-refractivity contribution in [1.29, 1.82) is 0 Å². The van der Waals surface area contributed by atoms with Crippen LogP contribution in [0, 0.1) is 10.1 Å². The van der Waals surface area contributed by atoms with Gasteiger partial charge >= 0.3 is 0 Å². The number of nitro benzene ring substituents is 1. The molecule has 0 bridgehead atoms. The van der Waals surface area contributed by atoms with Crippen LogP contribution in [-0.2, 0) is 0 Å². The molecule has 0 spiro atoms. The van der Waals surface area contributed by atoms with Crippen molar-refractivity contribution in [3.05, 3.63) is 52.6 Å². The second kappa shape index (κ2) is 10.1. The van der Waals surface area contributed by atoms with Gasteiger partial charge in [0.25, 0.3) is 5.69 Å². The van der Waals surface area contributed by atoms with Crippen LogP contribution in [0.1, 0.15) is 0 Å². The summed E-state index contributed by atoms with van der Waals surface area (Å²) < 4.78 is 5.50. The first kappa shape index (κ1) is 22.2. The maximum atomic E-state index is 11.7. The largest absolute Gasteiger partial charge is 0.495 e. The summed E-state index contributed by atoms with van der Waals surface area (Å²) in [5, 5.41) is 20.9. The van der Waals surface area contributed by atoms with E-state index in [0.29, 0.717) is 25.3 Å². The second-order valence-electron chi connectivity index (χ2n) is 8.13. The first-order valence-corrected chi connectivity index (χ1v) is 11.1. The molecule has 0 aromatic heterocycles. The molecule has 0 amide bonds. The van der Waals surface area contributed by atoms with Gasteiger partial charge in [-0.15, -0.1) is 0 Å². The maximum Gasteiger partial charge on any atom is 0.292 e. The van der Waals surface area contributed by atoms with Crippen molar-refractivity contribution in [2.24, 2.45) is 0 Å². The summed E-state index contributed by atoms with van der Waals surface area (Å²) in [6.45, 7) is 7.24. The lowest BCUT2D eigenvalue weighted by molar-refractivity contribution is -0.384. The van der Waals surface area contributed by atoms with Crippen LogP contribution in [0.5, 0.6) is 5.75 Å². The van der Waals surface area contributed by atoms with Gasteiger partial charge in [-0.3, -0.25) is 15.0 Å². The smallest absolute Gasteiger partial charge is 0.292 e. The maximum absolute atomic E-state index is 11.7. The number of anilines is 3. The molecule has 2 aliphatic heterocycles. The van der Waals surface area contributed by atoms with Crippen molar-refractivity contribution in [1.82, 2.24) is 4.90 Å². The van der Waals surface area contributed by atoms with E-state index in [0.717, 1.165) is 56.4 Å². The minimum absolute atomic E-state index is 0.151. The fourth-order valence-corrected chi connectivity index (χ4v) is 4.57. The Kier molecular flexibility index (Phi) is 6.96. The number of ether oxygens (including phenoxy) is 1. The summed E-state index contributed by atoms with van der Waals surface area (Å²) >= 11 is 0. The molecule has 172 valence electrons. The molecule has 2 heterocycles. The monoisotopic (exact) mass is 441 g/mol. The molecule has 2 fully saturated rings. The van der Waals surface area contributed by atoms with Gasteiger partial charge in [-0.25, -0.2) is 0 Å². The first-order valence-electron chi connectivity index (χ1n) is 11.1. The van der Waals surface area contributed by atoms with Crippen molar-refractivity contribution in [3.8, 4) is 5.75 Å². The molecule has 0 radical (unpaired) electrons. The van der Waals surface area contributed by atoms with Crippen molar-refractivity contribution < 1.29 is 14.8 Å². The van der Waals surface area contributed by atoms with Crippen molar-refractivity contribution in [2.45, 2.75) is 0 Å². The number of methoxy groups -OCH3 is 1. The van der Waals surface area contributed by atoms with E-state index >= 15 is 0 Å². The summed E-state index contributed by atoms with van der Waals surface area (Å²) in [4.78, 5) is 20.4. The van der Waals surface area contributed by atoms with Crippen LogP contribution in [-0.4, -0.2) is 87.5 Å². The fraction of sp³-hybridized carbons (Fsp3) is 0.478. The van der Waals surface area contributed by atoms with Gasteiger partial charge in [0.1, 0.15) is 11.4 Å². The summed E-state index contributed by atoms with van der Waals surface area (Å²) in [5.41, 5.74) is 2.91. The summed E-state index contributed by atoms with van der Waals surface area (Å²) in [6, 6.07) is 13.4. The van der Waals surface area contributed by atoms with Gasteiger partial charge in [-0.2, -0.15) is 0 Å². The van der Waals surface area contributed by atoms with Gasteiger partial charge in [-0.05, 0) is 24.3 Å². The van der Waals surface area contributed by atoms with E-state index in [9.17, 15) is 10.1 Å². The third-order valence-corrected chi connectivity index (χ3v) is 6.36. The predicted molar refractivity (Wildman–Crippen MR) is 126 cm³/mol. The van der Waals surface area contributed by atoms with E-state index < -0.39 is 0 Å². The van der Waals surface area contributed by atoms with E-state index in [4.69, 9.17) is 9.84 Å². The Balaban J connectivity index is 1.49. The molecule has 32 heavy (non-hydrogen) atoms. The Bertz CT molecular complexity index is 924. The third kappa shape index (κ3) is 4.73. The highest BCUT2D eigenvalue weighted by atomic mass is 16.6. The molecular weight excluding hydrogens is 410 g/mol. The predicted octanol–water partition coefficient (Wildman–Crippen LogP) is 2.04. The highest BCUT2D eigenvalue weighted by Gasteiger charge is 2.26. The zero-order valence-corrected chi connectivity index (χ0v) is 18.5. The molecule has 2 aromatic rings. The Labute approximate surface area is 188 Å². The number of aliphatic hydroxyl groups is 1. The highest BCUT2D eigenvalue weighted by molar-refractivity contribution is 5.71. The number of hydrogen-bond donors (Lipinski definition) is 1. The number of nitrogens with zero attached hydrogens (tertiary/aromatic N) is 5. The summed E-state index contributed by atoms with van der Waals surface area (Å²) in [6.07, 6.45) is 0. The van der Waals surface area contributed by atoms with Gasteiger partial charge in [-0.1, -0.05) is 12.1 Å². The summed E-state index contributed by atoms with van der Waals surface area (Å²) in [7, 11) is 1.67. The van der Waals surface area contributed by atoms with Crippen LogP contribution in [0.3, 0.4) is 0 Å². The molecule has 0 unspecified atom stereocenters. The molecular formula is C23H31N5O4. The zero-order chi connectivity index (χ0) is 22.5. The van der Waals surface area contributed by atoms with Crippen molar-refractivity contribution >= 4 is 22.7 Å². The molecule has 9 nitrogen and oxygen atoms in total. The molecule has 4 rings (SSSR count). The van der Waals surface area contributed by atoms with Gasteiger partial charge in [0.2, 0.25) is 0 Å². The van der Waals surface area contributed by atoms with Crippen LogP contribution >= 0.6 is 0 Å². The van der Waals surface area contributed by atoms with Crippen LogP contribution in [0.25, 0.3) is 0 Å². The molecule has 1 N–H and O–H groups in total. The van der Waals surface area contributed by atoms with Crippen molar-refractivity contribution in [3.63, 3.8) is 0 Å². The quantitative estimate of drug-likeness (QED) is 0.516. The second-order valence-corrected chi connectivity index (χ2v) is 8.13. The molecule has 9 heteroatoms. The number of aliphatic hydroxyl groups excluding tert-OH is 1. The van der Waals surface area contributed by atoms with E-state index in [1.807, 2.05) is 36.4 Å². The van der Waals surface area contributed by atoms with Crippen LogP contribution in [0.15, 0.2) is 42.5 Å². The number of para-hydroxylation sites is 2. The third-order valence-electron chi connectivity index (χ3n) is 6.36. The zero-order valence-electron chi connectivity index (χ0n) is 18.5. The van der Waals surface area contributed by atoms with E-state index in [2.05, 4.69) is 19.6 Å². The number of piperazine rings is 2. The van der Waals surface area contributed by atoms with Crippen molar-refractivity contribution in [2.75, 3.05) is 87.3 Å². The van der Waals surface area contributed by atoms with E-state index in [1.165, 1.54) is 0 Å². The molecule has 2 aliphatic rings. The topological polar surface area (TPSA) is 85.6 Å². The normalized spacial score (nSPS) is 17.5. The van der Waals surface area contributed by atoms with E-state index in [1.54, 1.807) is 13.2 Å². The molecule has 0 aliphatic carbocycles. The van der Waals surface area contributed by atoms with Gasteiger partial charge in [0.15, 0.2) is 0 Å². The number of β-amino-alcohol motifs (C(OH)–C–C–N with tert-alkyl or cyclic N) is 1. The Morgan fingerprint density at radius 1 is 0.906 bits per heavy atom. The number of benzene rings is 2. The molecule has 2 aromatic carbocycles. The standard InChI is InChI=1S/C23H31N5O4/c1-32-23-5-3-2-4-21(23)26-12-14-27(15-13-26)22-18-19(6-7-20(22)28(30)31)25-10-8-24(9-11-25)16-17-29/h2-7,18,29H,8-17H2,1H3.